The maximum Gasteiger partial charge on any atom is 0.0870 e. The van der Waals surface area contributed by atoms with Crippen LogP contribution in [0.1, 0.15) is 6.92 Å². The van der Waals surface area contributed by atoms with Crippen LogP contribution in [0.5, 0.6) is 0 Å². The Kier molecular flexibility index (Phi) is 14.5. The molecule has 0 spiro atoms. The fourth-order valence-corrected chi connectivity index (χ4v) is 0.601. The molecule has 0 bridgehead atoms. The zero-order valence-corrected chi connectivity index (χ0v) is 10.2. The molecule has 3 nitrogen and oxygen atoms in total. The molecular weight excluding hydrogens is 234 g/mol. The van der Waals surface area contributed by atoms with Gasteiger partial charge in [0.15, 0.2) is 0 Å². The standard InChI is InChI=1S/C7H13BrO2.C2H7N/c1-6(2)4-10-5-7(9)3-8;1-3-2/h7,9H,1,3-5H2,2H3;3H,1-2H3. The van der Waals surface area contributed by atoms with Crippen LogP contribution in [0.15, 0.2) is 12.2 Å². The summed E-state index contributed by atoms with van der Waals surface area (Å²) in [6.07, 6.45) is -0.403. The van der Waals surface area contributed by atoms with E-state index in [1.54, 1.807) is 0 Å². The maximum absolute atomic E-state index is 8.97. The average Bonchev–Trinajstić information content (AvgIpc) is 2.05. The number of nitrogens with one attached hydrogen (secondary N) is 1. The average molecular weight is 254 g/mol. The Labute approximate surface area is 89.3 Å². The van der Waals surface area contributed by atoms with E-state index in [4.69, 9.17) is 9.84 Å². The van der Waals surface area contributed by atoms with Gasteiger partial charge in [0.25, 0.3) is 0 Å². The lowest BCUT2D eigenvalue weighted by atomic mass is 10.4. The third kappa shape index (κ3) is 18.8. The molecule has 1 atom stereocenters. The lowest BCUT2D eigenvalue weighted by molar-refractivity contribution is 0.0603. The molecule has 0 rings (SSSR count). The fraction of sp³-hybridized carbons (Fsp3) is 0.778. The van der Waals surface area contributed by atoms with Gasteiger partial charge in [-0.2, -0.15) is 0 Å². The maximum atomic E-state index is 8.97. The largest absolute Gasteiger partial charge is 0.390 e. The SMILES string of the molecule is C=C(C)COCC(O)CBr.CNC. The molecule has 0 saturated carbocycles. The summed E-state index contributed by atoms with van der Waals surface area (Å²) >= 11 is 3.13. The van der Waals surface area contributed by atoms with Crippen LogP contribution >= 0.6 is 15.9 Å². The van der Waals surface area contributed by atoms with Crippen LogP contribution in [0.3, 0.4) is 0 Å². The van der Waals surface area contributed by atoms with Crippen molar-refractivity contribution in [2.75, 3.05) is 32.6 Å². The summed E-state index contributed by atoms with van der Waals surface area (Å²) in [5.74, 6) is 0. The van der Waals surface area contributed by atoms with Crippen LogP contribution in [-0.4, -0.2) is 43.8 Å². The first kappa shape index (κ1) is 15.6. The van der Waals surface area contributed by atoms with Gasteiger partial charge in [-0.05, 0) is 21.0 Å². The van der Waals surface area contributed by atoms with Crippen molar-refractivity contribution >= 4 is 15.9 Å². The number of alkyl halides is 1. The molecule has 0 aromatic rings. The summed E-state index contributed by atoms with van der Waals surface area (Å²) in [6, 6.07) is 0. The van der Waals surface area contributed by atoms with Gasteiger partial charge in [-0.1, -0.05) is 28.1 Å². The first-order chi connectivity index (χ1) is 6.08. The Bertz CT molecular complexity index is 120. The van der Waals surface area contributed by atoms with E-state index in [1.165, 1.54) is 0 Å². The quantitative estimate of drug-likeness (QED) is 0.571. The van der Waals surface area contributed by atoms with Gasteiger partial charge in [-0.3, -0.25) is 0 Å². The highest BCUT2D eigenvalue weighted by Crippen LogP contribution is 1.93. The zero-order valence-electron chi connectivity index (χ0n) is 8.64. The Balaban J connectivity index is 0. The van der Waals surface area contributed by atoms with E-state index in [0.29, 0.717) is 18.5 Å². The molecule has 2 N–H and O–H groups in total. The molecule has 80 valence electrons. The van der Waals surface area contributed by atoms with E-state index in [1.807, 2.05) is 21.0 Å². The molecule has 0 fully saturated rings. The number of ether oxygens (including phenoxy) is 1. The van der Waals surface area contributed by atoms with Crippen LogP contribution in [0, 0.1) is 0 Å². The van der Waals surface area contributed by atoms with E-state index >= 15 is 0 Å². The lowest BCUT2D eigenvalue weighted by Crippen LogP contribution is -2.16. The predicted octanol–water partition coefficient (Wildman–Crippen LogP) is 1.17. The van der Waals surface area contributed by atoms with Crippen molar-refractivity contribution in [2.24, 2.45) is 0 Å². The Morgan fingerprint density at radius 1 is 1.62 bits per heavy atom. The van der Waals surface area contributed by atoms with Gasteiger partial charge in [0, 0.05) is 5.33 Å². The smallest absolute Gasteiger partial charge is 0.0870 e. The second kappa shape index (κ2) is 12.1. The van der Waals surface area contributed by atoms with Crippen LogP contribution in [-0.2, 0) is 4.74 Å². The minimum atomic E-state index is -0.403. The molecule has 0 radical (unpaired) electrons. The van der Waals surface area contributed by atoms with Gasteiger partial charge in [-0.15, -0.1) is 0 Å². The van der Waals surface area contributed by atoms with E-state index < -0.39 is 6.10 Å². The number of aliphatic hydroxyl groups excluding tert-OH is 1. The van der Waals surface area contributed by atoms with Gasteiger partial charge >= 0.3 is 0 Å². The molecule has 0 saturated heterocycles. The van der Waals surface area contributed by atoms with E-state index in [9.17, 15) is 0 Å². The lowest BCUT2D eigenvalue weighted by Gasteiger charge is -2.06. The van der Waals surface area contributed by atoms with Crippen molar-refractivity contribution in [3.63, 3.8) is 0 Å². The van der Waals surface area contributed by atoms with Gasteiger partial charge in [0.05, 0.1) is 19.3 Å². The normalized spacial score (nSPS) is 11.5. The highest BCUT2D eigenvalue weighted by atomic mass is 79.9. The molecule has 0 aromatic heterocycles. The second-order valence-electron chi connectivity index (χ2n) is 2.78. The monoisotopic (exact) mass is 253 g/mol. The van der Waals surface area contributed by atoms with Crippen LogP contribution in [0.25, 0.3) is 0 Å². The van der Waals surface area contributed by atoms with Gasteiger partial charge in [0.1, 0.15) is 0 Å². The molecule has 4 heteroatoms. The van der Waals surface area contributed by atoms with Crippen LogP contribution in [0.2, 0.25) is 0 Å². The summed E-state index contributed by atoms with van der Waals surface area (Å²) in [7, 11) is 3.75. The number of hydrogen-bond donors (Lipinski definition) is 2. The number of hydrogen-bond acceptors (Lipinski definition) is 3. The molecule has 0 amide bonds. The van der Waals surface area contributed by atoms with Gasteiger partial charge in [-0.25, -0.2) is 0 Å². The first-order valence-corrected chi connectivity index (χ1v) is 5.25. The van der Waals surface area contributed by atoms with Gasteiger partial charge < -0.3 is 15.2 Å². The van der Waals surface area contributed by atoms with Crippen molar-refractivity contribution < 1.29 is 9.84 Å². The number of aliphatic hydroxyl groups is 1. The highest BCUT2D eigenvalue weighted by Gasteiger charge is 1.99. The molecule has 0 aliphatic carbocycles. The molecule has 0 aliphatic heterocycles. The summed E-state index contributed by atoms with van der Waals surface area (Å²) < 4.78 is 5.07. The third-order valence-electron chi connectivity index (χ3n) is 0.837. The molecule has 1 unspecified atom stereocenters. The second-order valence-corrected chi connectivity index (χ2v) is 3.43. The highest BCUT2D eigenvalue weighted by molar-refractivity contribution is 9.09. The molecule has 13 heavy (non-hydrogen) atoms. The van der Waals surface area contributed by atoms with E-state index in [2.05, 4.69) is 27.8 Å². The van der Waals surface area contributed by atoms with Crippen LogP contribution in [0.4, 0.5) is 0 Å². The fourth-order valence-electron chi connectivity index (χ4n) is 0.414. The summed E-state index contributed by atoms with van der Waals surface area (Å²) in [5, 5.41) is 12.3. The van der Waals surface area contributed by atoms with Crippen molar-refractivity contribution in [2.45, 2.75) is 13.0 Å². The van der Waals surface area contributed by atoms with E-state index in [-0.39, 0.29) is 0 Å². The van der Waals surface area contributed by atoms with Crippen molar-refractivity contribution in [3.05, 3.63) is 12.2 Å². The number of rotatable bonds is 5. The summed E-state index contributed by atoms with van der Waals surface area (Å²) in [4.78, 5) is 0. The number of halogens is 1. The topological polar surface area (TPSA) is 41.5 Å². The van der Waals surface area contributed by atoms with Crippen molar-refractivity contribution in [3.8, 4) is 0 Å². The molecule has 0 aliphatic rings. The van der Waals surface area contributed by atoms with Gasteiger partial charge in [0.2, 0.25) is 0 Å². The Morgan fingerprint density at radius 3 is 2.38 bits per heavy atom. The molecular formula is C9H20BrNO2. The Hall–Kier alpha value is 0.100. The molecule has 0 heterocycles. The van der Waals surface area contributed by atoms with Crippen molar-refractivity contribution in [1.82, 2.24) is 5.32 Å². The van der Waals surface area contributed by atoms with Crippen LogP contribution < -0.4 is 5.32 Å². The summed E-state index contributed by atoms with van der Waals surface area (Å²) in [5.41, 5.74) is 0.974. The Morgan fingerprint density at radius 2 is 2.08 bits per heavy atom. The zero-order chi connectivity index (χ0) is 10.7. The first-order valence-electron chi connectivity index (χ1n) is 4.13. The minimum absolute atomic E-state index is 0.373. The van der Waals surface area contributed by atoms with Crippen molar-refractivity contribution in [1.29, 1.82) is 0 Å². The summed E-state index contributed by atoms with van der Waals surface area (Å²) in [6.45, 7) is 6.45. The molecule has 0 aromatic carbocycles. The minimum Gasteiger partial charge on any atom is -0.390 e. The predicted molar refractivity (Wildman–Crippen MR) is 60.4 cm³/mol. The van der Waals surface area contributed by atoms with E-state index in [0.717, 1.165) is 5.57 Å². The third-order valence-corrected chi connectivity index (χ3v) is 1.58.